The number of aliphatic hydroxyl groups is 1. The van der Waals surface area contributed by atoms with Crippen LogP contribution in [0.4, 0.5) is 11.4 Å². The first kappa shape index (κ1) is 15.3. The number of thiophene rings is 1. The zero-order chi connectivity index (χ0) is 16.9. The molecule has 5 nitrogen and oxygen atoms in total. The van der Waals surface area contributed by atoms with Gasteiger partial charge in [-0.05, 0) is 36.1 Å². The van der Waals surface area contributed by atoms with E-state index in [0.29, 0.717) is 40.0 Å². The molecule has 1 aromatic heterocycles. The van der Waals surface area contributed by atoms with E-state index in [1.807, 2.05) is 22.4 Å². The molecule has 2 aliphatic rings. The van der Waals surface area contributed by atoms with E-state index in [1.54, 1.807) is 18.2 Å². The molecule has 0 unspecified atom stereocenters. The lowest BCUT2D eigenvalue weighted by Crippen LogP contribution is -2.45. The van der Waals surface area contributed by atoms with Gasteiger partial charge in [-0.25, -0.2) is 4.99 Å². The summed E-state index contributed by atoms with van der Waals surface area (Å²) in [6.45, 7) is 0.283. The van der Waals surface area contributed by atoms with Gasteiger partial charge in [0.25, 0.3) is 0 Å². The smallest absolute Gasteiger partial charge is 0.191 e. The summed E-state index contributed by atoms with van der Waals surface area (Å²) >= 11 is 7.50. The average molecular weight is 358 g/mol. The van der Waals surface area contributed by atoms with Crippen LogP contribution < -0.4 is 4.90 Å². The maximum Gasteiger partial charge on any atom is 0.191 e. The molecule has 1 fully saturated rings. The summed E-state index contributed by atoms with van der Waals surface area (Å²) in [6.07, 6.45) is 0.496. The summed E-state index contributed by atoms with van der Waals surface area (Å²) in [5.74, 6) is 0.490. The van der Waals surface area contributed by atoms with Gasteiger partial charge < -0.3 is 10.0 Å². The minimum atomic E-state index is -0.988. The second kappa shape index (κ2) is 5.42. The number of halogens is 1. The number of aliphatic imine (C=N–C) groups is 1. The number of hydrogen-bond donors (Lipinski definition) is 1. The number of carbonyl (C=O) groups is 1. The lowest BCUT2D eigenvalue weighted by Gasteiger charge is -2.31. The molecule has 0 amide bonds. The van der Waals surface area contributed by atoms with Crippen molar-refractivity contribution in [2.24, 2.45) is 10.4 Å². The Hall–Kier alpha value is -2.20. The first-order valence-electron chi connectivity index (χ1n) is 7.40. The molecule has 2 aromatic rings. The average Bonchev–Trinajstić information content (AvgIpc) is 3.20. The SMILES string of the molecule is N#Cc1ccc(N2CC[C@]3(CO)C(=O)c4sccc4N=C23)cc1Cl. The summed E-state index contributed by atoms with van der Waals surface area (Å²) in [4.78, 5) is 20.1. The largest absolute Gasteiger partial charge is 0.395 e. The fourth-order valence-electron chi connectivity index (χ4n) is 3.29. The Bertz CT molecular complexity index is 930. The normalized spacial score (nSPS) is 22.0. The van der Waals surface area contributed by atoms with Gasteiger partial charge in [-0.3, -0.25) is 4.79 Å². The van der Waals surface area contributed by atoms with Gasteiger partial charge in [-0.1, -0.05) is 11.6 Å². The molecule has 3 heterocycles. The molecule has 1 saturated heterocycles. The summed E-state index contributed by atoms with van der Waals surface area (Å²) in [6, 6.07) is 8.98. The number of anilines is 1. The topological polar surface area (TPSA) is 76.7 Å². The minimum Gasteiger partial charge on any atom is -0.395 e. The van der Waals surface area contributed by atoms with Crippen LogP contribution in [0.15, 0.2) is 34.6 Å². The van der Waals surface area contributed by atoms with Gasteiger partial charge in [0, 0.05) is 12.2 Å². The van der Waals surface area contributed by atoms with Crippen molar-refractivity contribution in [2.45, 2.75) is 6.42 Å². The molecule has 1 atom stereocenters. The maximum absolute atomic E-state index is 12.9. The predicted octanol–water partition coefficient (Wildman–Crippen LogP) is 3.39. The number of rotatable bonds is 2. The molecule has 0 spiro atoms. The molecule has 24 heavy (non-hydrogen) atoms. The van der Waals surface area contributed by atoms with Crippen molar-refractivity contribution in [1.29, 1.82) is 5.26 Å². The Morgan fingerprint density at radius 3 is 3.00 bits per heavy atom. The van der Waals surface area contributed by atoms with Crippen molar-refractivity contribution in [3.05, 3.63) is 45.1 Å². The van der Waals surface area contributed by atoms with Crippen LogP contribution in [0, 0.1) is 16.7 Å². The second-order valence-corrected chi connectivity index (χ2v) is 7.14. The number of ketones is 1. The van der Waals surface area contributed by atoms with Crippen molar-refractivity contribution >= 4 is 45.9 Å². The third kappa shape index (κ3) is 1.96. The third-order valence-corrected chi connectivity index (χ3v) is 5.83. The van der Waals surface area contributed by atoms with Crippen molar-refractivity contribution in [2.75, 3.05) is 18.1 Å². The van der Waals surface area contributed by atoms with Crippen LogP contribution in [0.1, 0.15) is 21.7 Å². The van der Waals surface area contributed by atoms with Crippen LogP contribution in [0.2, 0.25) is 5.02 Å². The monoisotopic (exact) mass is 357 g/mol. The van der Waals surface area contributed by atoms with Gasteiger partial charge in [0.05, 0.1) is 27.8 Å². The molecular weight excluding hydrogens is 346 g/mol. The van der Waals surface area contributed by atoms with Crippen LogP contribution in [0.25, 0.3) is 0 Å². The highest BCUT2D eigenvalue weighted by atomic mass is 35.5. The van der Waals surface area contributed by atoms with E-state index in [0.717, 1.165) is 5.69 Å². The van der Waals surface area contributed by atoms with E-state index in [4.69, 9.17) is 16.9 Å². The highest BCUT2D eigenvalue weighted by Gasteiger charge is 2.53. The summed E-state index contributed by atoms with van der Waals surface area (Å²) in [5.41, 5.74) is 0.822. The number of aliphatic hydroxyl groups excluding tert-OH is 1. The number of nitriles is 1. The number of Topliss-reactive ketones (excluding diaryl/α,β-unsaturated/α-hetero) is 1. The molecule has 120 valence electrons. The van der Waals surface area contributed by atoms with Crippen LogP contribution >= 0.6 is 22.9 Å². The van der Waals surface area contributed by atoms with Gasteiger partial charge in [-0.15, -0.1) is 11.3 Å². The van der Waals surface area contributed by atoms with Crippen LogP contribution in [-0.2, 0) is 0 Å². The quantitative estimate of drug-likeness (QED) is 0.893. The Balaban J connectivity index is 1.85. The standard InChI is InChI=1S/C17H12ClN3O2S/c18-12-7-11(2-1-10(12)8-19)21-5-4-17(9-22)15(23)14-13(3-6-24-14)20-16(17)21/h1-3,6-7,22H,4-5,9H2/t17-/m0/s1. The van der Waals surface area contributed by atoms with E-state index < -0.39 is 5.41 Å². The molecule has 0 aliphatic carbocycles. The van der Waals surface area contributed by atoms with Crippen molar-refractivity contribution in [3.63, 3.8) is 0 Å². The fourth-order valence-corrected chi connectivity index (χ4v) is 4.38. The molecule has 1 aromatic carbocycles. The van der Waals surface area contributed by atoms with Gasteiger partial charge in [0.2, 0.25) is 0 Å². The van der Waals surface area contributed by atoms with Crippen molar-refractivity contribution in [1.82, 2.24) is 0 Å². The first-order valence-corrected chi connectivity index (χ1v) is 8.66. The lowest BCUT2D eigenvalue weighted by atomic mass is 9.79. The van der Waals surface area contributed by atoms with Crippen molar-refractivity contribution in [3.8, 4) is 6.07 Å². The van der Waals surface area contributed by atoms with Gasteiger partial charge in [0.15, 0.2) is 5.78 Å². The minimum absolute atomic E-state index is 0.0674. The molecule has 0 radical (unpaired) electrons. The first-order chi connectivity index (χ1) is 11.6. The number of benzene rings is 1. The van der Waals surface area contributed by atoms with Gasteiger partial charge in [-0.2, -0.15) is 5.26 Å². The van der Waals surface area contributed by atoms with E-state index in [9.17, 15) is 9.90 Å². The Morgan fingerprint density at radius 1 is 1.46 bits per heavy atom. The molecule has 1 N–H and O–H groups in total. The zero-order valence-electron chi connectivity index (χ0n) is 12.5. The highest BCUT2D eigenvalue weighted by molar-refractivity contribution is 7.13. The zero-order valence-corrected chi connectivity index (χ0v) is 14.1. The lowest BCUT2D eigenvalue weighted by molar-refractivity contribution is 0.0788. The predicted molar refractivity (Wildman–Crippen MR) is 93.4 cm³/mol. The number of fused-ring (bicyclic) bond motifs is 2. The van der Waals surface area contributed by atoms with E-state index in [2.05, 4.69) is 4.99 Å². The van der Waals surface area contributed by atoms with Crippen LogP contribution in [-0.4, -0.2) is 29.9 Å². The number of nitrogens with zero attached hydrogens (tertiary/aromatic N) is 3. The fraction of sp³-hybridized carbons (Fsp3) is 0.235. The maximum atomic E-state index is 12.9. The summed E-state index contributed by atoms with van der Waals surface area (Å²) in [5, 5.41) is 21.2. The number of carbonyl (C=O) groups excluding carboxylic acids is 1. The number of amidine groups is 1. The van der Waals surface area contributed by atoms with Crippen LogP contribution in [0.5, 0.6) is 0 Å². The molecule has 0 bridgehead atoms. The van der Waals surface area contributed by atoms with Gasteiger partial charge >= 0.3 is 0 Å². The molecule has 4 rings (SSSR count). The second-order valence-electron chi connectivity index (χ2n) is 5.82. The number of hydrogen-bond acceptors (Lipinski definition) is 6. The van der Waals surface area contributed by atoms with Gasteiger partial charge in [0.1, 0.15) is 17.3 Å². The Kier molecular flexibility index (Phi) is 3.46. The van der Waals surface area contributed by atoms with Crippen LogP contribution in [0.3, 0.4) is 0 Å². The molecule has 7 heteroatoms. The third-order valence-electron chi connectivity index (χ3n) is 4.61. The molecule has 0 saturated carbocycles. The summed E-state index contributed by atoms with van der Waals surface area (Å²) < 4.78 is 0. The molecular formula is C17H12ClN3O2S. The Morgan fingerprint density at radius 2 is 2.29 bits per heavy atom. The Labute approximate surface area is 147 Å². The molecule has 2 aliphatic heterocycles. The summed E-state index contributed by atoms with van der Waals surface area (Å²) in [7, 11) is 0. The van der Waals surface area contributed by atoms with E-state index in [-0.39, 0.29) is 12.4 Å². The van der Waals surface area contributed by atoms with Crippen molar-refractivity contribution < 1.29 is 9.90 Å². The highest BCUT2D eigenvalue weighted by Crippen LogP contribution is 2.46. The van der Waals surface area contributed by atoms with E-state index >= 15 is 0 Å². The van der Waals surface area contributed by atoms with E-state index in [1.165, 1.54) is 11.3 Å².